The van der Waals surface area contributed by atoms with Gasteiger partial charge in [-0.25, -0.2) is 4.98 Å². The highest BCUT2D eigenvalue weighted by Crippen LogP contribution is 2.11. The van der Waals surface area contributed by atoms with Crippen molar-refractivity contribution in [2.75, 3.05) is 0 Å². The van der Waals surface area contributed by atoms with Crippen molar-refractivity contribution in [2.45, 2.75) is 32.9 Å². The SMILES string of the molecule is Cc1nc(CNC(=O)[C@@H](N)Cc2ccc(O)cc2)oc1C. The van der Waals surface area contributed by atoms with E-state index in [0.29, 0.717) is 12.3 Å². The number of aromatic nitrogens is 1. The van der Waals surface area contributed by atoms with Gasteiger partial charge in [-0.1, -0.05) is 12.1 Å². The van der Waals surface area contributed by atoms with Gasteiger partial charge in [0.15, 0.2) is 0 Å². The highest BCUT2D eigenvalue weighted by Gasteiger charge is 2.15. The Labute approximate surface area is 123 Å². The van der Waals surface area contributed by atoms with Crippen molar-refractivity contribution in [3.63, 3.8) is 0 Å². The Morgan fingerprint density at radius 1 is 1.38 bits per heavy atom. The van der Waals surface area contributed by atoms with Crippen LogP contribution in [0.4, 0.5) is 0 Å². The van der Waals surface area contributed by atoms with Crippen molar-refractivity contribution in [2.24, 2.45) is 5.73 Å². The van der Waals surface area contributed by atoms with E-state index in [4.69, 9.17) is 10.2 Å². The number of hydrogen-bond donors (Lipinski definition) is 3. The van der Waals surface area contributed by atoms with Crippen LogP contribution in [0, 0.1) is 13.8 Å². The predicted octanol–water partition coefficient (Wildman–Crippen LogP) is 1.18. The molecule has 0 saturated heterocycles. The van der Waals surface area contributed by atoms with Crippen LogP contribution in [0.25, 0.3) is 0 Å². The van der Waals surface area contributed by atoms with Crippen LogP contribution in [-0.2, 0) is 17.8 Å². The Kier molecular flexibility index (Phi) is 4.59. The van der Waals surface area contributed by atoms with E-state index in [9.17, 15) is 9.90 Å². The number of phenols is 1. The van der Waals surface area contributed by atoms with Gasteiger partial charge in [0.25, 0.3) is 0 Å². The highest BCUT2D eigenvalue weighted by molar-refractivity contribution is 5.81. The van der Waals surface area contributed by atoms with Crippen molar-refractivity contribution >= 4 is 5.91 Å². The zero-order valence-corrected chi connectivity index (χ0v) is 12.1. The number of phenolic OH excluding ortho intramolecular Hbond substituents is 1. The molecular weight excluding hydrogens is 270 g/mol. The van der Waals surface area contributed by atoms with Gasteiger partial charge in [-0.2, -0.15) is 0 Å². The van der Waals surface area contributed by atoms with Crippen LogP contribution in [0.3, 0.4) is 0 Å². The monoisotopic (exact) mass is 289 g/mol. The summed E-state index contributed by atoms with van der Waals surface area (Å²) >= 11 is 0. The number of nitrogens with two attached hydrogens (primary N) is 1. The lowest BCUT2D eigenvalue weighted by molar-refractivity contribution is -0.122. The summed E-state index contributed by atoms with van der Waals surface area (Å²) in [5, 5.41) is 11.9. The third-order valence-corrected chi connectivity index (χ3v) is 3.22. The maximum absolute atomic E-state index is 11.9. The van der Waals surface area contributed by atoms with Gasteiger partial charge in [0.05, 0.1) is 18.3 Å². The molecule has 0 bridgehead atoms. The maximum atomic E-state index is 11.9. The molecule has 0 saturated carbocycles. The van der Waals surface area contributed by atoms with E-state index in [0.717, 1.165) is 17.0 Å². The third-order valence-electron chi connectivity index (χ3n) is 3.22. The number of rotatable bonds is 5. The van der Waals surface area contributed by atoms with E-state index in [2.05, 4.69) is 10.3 Å². The van der Waals surface area contributed by atoms with Gasteiger partial charge >= 0.3 is 0 Å². The summed E-state index contributed by atoms with van der Waals surface area (Å²) in [6, 6.07) is 5.95. The van der Waals surface area contributed by atoms with Crippen molar-refractivity contribution < 1.29 is 14.3 Å². The quantitative estimate of drug-likeness (QED) is 0.767. The average molecular weight is 289 g/mol. The zero-order chi connectivity index (χ0) is 15.4. The summed E-state index contributed by atoms with van der Waals surface area (Å²) in [6.07, 6.45) is 0.399. The first-order chi connectivity index (χ1) is 9.95. The average Bonchev–Trinajstić information content (AvgIpc) is 2.77. The number of carbonyl (C=O) groups is 1. The van der Waals surface area contributed by atoms with Crippen molar-refractivity contribution in [1.29, 1.82) is 0 Å². The van der Waals surface area contributed by atoms with Gasteiger partial charge in [-0.15, -0.1) is 0 Å². The molecule has 0 aliphatic carbocycles. The first-order valence-corrected chi connectivity index (χ1v) is 6.70. The standard InChI is InChI=1S/C15H19N3O3/c1-9-10(2)21-14(18-9)8-17-15(20)13(16)7-11-3-5-12(19)6-4-11/h3-6,13,19H,7-8,16H2,1-2H3,(H,17,20)/t13-/m0/s1. The van der Waals surface area contributed by atoms with Gasteiger partial charge in [-0.05, 0) is 38.0 Å². The highest BCUT2D eigenvalue weighted by atomic mass is 16.4. The zero-order valence-electron chi connectivity index (χ0n) is 12.1. The second-order valence-electron chi connectivity index (χ2n) is 4.94. The molecule has 0 spiro atoms. The topological polar surface area (TPSA) is 101 Å². The third kappa shape index (κ3) is 4.06. The van der Waals surface area contributed by atoms with Gasteiger partial charge in [-0.3, -0.25) is 4.79 Å². The number of benzene rings is 1. The molecule has 4 N–H and O–H groups in total. The van der Waals surface area contributed by atoms with E-state index in [1.807, 2.05) is 13.8 Å². The summed E-state index contributed by atoms with van der Waals surface area (Å²) in [6.45, 7) is 3.89. The number of carbonyl (C=O) groups excluding carboxylic acids is 1. The van der Waals surface area contributed by atoms with E-state index < -0.39 is 6.04 Å². The summed E-state index contributed by atoms with van der Waals surface area (Å²) in [5.41, 5.74) is 7.56. The Bertz CT molecular complexity index is 600. The molecule has 2 aromatic rings. The number of nitrogens with one attached hydrogen (secondary N) is 1. The fraction of sp³-hybridized carbons (Fsp3) is 0.333. The van der Waals surface area contributed by atoms with Crippen molar-refractivity contribution in [1.82, 2.24) is 10.3 Å². The Morgan fingerprint density at radius 2 is 2.05 bits per heavy atom. The summed E-state index contributed by atoms with van der Waals surface area (Å²) < 4.78 is 5.38. The molecule has 2 rings (SSSR count). The molecule has 1 heterocycles. The minimum atomic E-state index is -0.660. The fourth-order valence-electron chi connectivity index (χ4n) is 1.89. The Morgan fingerprint density at radius 3 is 2.62 bits per heavy atom. The molecule has 6 heteroatoms. The Balaban J connectivity index is 1.86. The van der Waals surface area contributed by atoms with Crippen LogP contribution in [0.2, 0.25) is 0 Å². The summed E-state index contributed by atoms with van der Waals surface area (Å²) in [5.74, 6) is 1.13. The largest absolute Gasteiger partial charge is 0.508 e. The van der Waals surface area contributed by atoms with E-state index in [1.54, 1.807) is 24.3 Å². The molecule has 1 aromatic heterocycles. The van der Waals surface area contributed by atoms with Crippen LogP contribution in [0.15, 0.2) is 28.7 Å². The molecule has 1 amide bonds. The normalized spacial score (nSPS) is 12.1. The minimum absolute atomic E-state index is 0.186. The Hall–Kier alpha value is -2.34. The maximum Gasteiger partial charge on any atom is 0.237 e. The van der Waals surface area contributed by atoms with Gasteiger partial charge in [0, 0.05) is 0 Å². The van der Waals surface area contributed by atoms with E-state index in [1.165, 1.54) is 0 Å². The number of nitrogens with zero attached hydrogens (tertiary/aromatic N) is 1. The van der Waals surface area contributed by atoms with Crippen LogP contribution < -0.4 is 11.1 Å². The molecule has 1 atom stereocenters. The number of aryl methyl sites for hydroxylation is 2. The molecule has 0 radical (unpaired) electrons. The van der Waals surface area contributed by atoms with Crippen LogP contribution in [0.5, 0.6) is 5.75 Å². The van der Waals surface area contributed by atoms with E-state index >= 15 is 0 Å². The number of amides is 1. The summed E-state index contributed by atoms with van der Waals surface area (Å²) in [7, 11) is 0. The molecule has 1 aromatic carbocycles. The van der Waals surface area contributed by atoms with Gasteiger partial charge < -0.3 is 20.6 Å². The molecular formula is C15H19N3O3. The second-order valence-corrected chi connectivity index (χ2v) is 4.94. The summed E-state index contributed by atoms with van der Waals surface area (Å²) in [4.78, 5) is 16.1. The molecule has 0 aliphatic heterocycles. The molecule has 0 fully saturated rings. The van der Waals surface area contributed by atoms with Crippen molar-refractivity contribution in [3.8, 4) is 5.75 Å². The van der Waals surface area contributed by atoms with Crippen molar-refractivity contribution in [3.05, 3.63) is 47.2 Å². The number of hydrogen-bond acceptors (Lipinski definition) is 5. The van der Waals surface area contributed by atoms with Gasteiger partial charge in [0.2, 0.25) is 11.8 Å². The molecule has 6 nitrogen and oxygen atoms in total. The predicted molar refractivity (Wildman–Crippen MR) is 77.6 cm³/mol. The first-order valence-electron chi connectivity index (χ1n) is 6.70. The van der Waals surface area contributed by atoms with E-state index in [-0.39, 0.29) is 18.2 Å². The number of oxazole rings is 1. The van der Waals surface area contributed by atoms with Crippen LogP contribution in [0.1, 0.15) is 22.9 Å². The van der Waals surface area contributed by atoms with Gasteiger partial charge in [0.1, 0.15) is 11.5 Å². The fourth-order valence-corrected chi connectivity index (χ4v) is 1.89. The second kappa shape index (κ2) is 6.41. The molecule has 112 valence electrons. The smallest absolute Gasteiger partial charge is 0.237 e. The minimum Gasteiger partial charge on any atom is -0.508 e. The lowest BCUT2D eigenvalue weighted by Crippen LogP contribution is -2.41. The van der Waals surface area contributed by atoms with Crippen LogP contribution in [-0.4, -0.2) is 22.0 Å². The van der Waals surface area contributed by atoms with Crippen LogP contribution >= 0.6 is 0 Å². The lowest BCUT2D eigenvalue weighted by atomic mass is 10.1. The molecule has 0 aliphatic rings. The molecule has 21 heavy (non-hydrogen) atoms. The number of aromatic hydroxyl groups is 1. The molecule has 0 unspecified atom stereocenters. The lowest BCUT2D eigenvalue weighted by Gasteiger charge is -2.11. The first kappa shape index (κ1) is 15.1.